The van der Waals surface area contributed by atoms with Crippen LogP contribution in [-0.4, -0.2) is 10.7 Å². The second kappa shape index (κ2) is 3.54. The van der Waals surface area contributed by atoms with Gasteiger partial charge in [-0.25, -0.2) is 0 Å². The number of aromatic nitrogens is 1. The van der Waals surface area contributed by atoms with E-state index in [-0.39, 0.29) is 5.56 Å². The first-order valence-corrected chi connectivity index (χ1v) is 3.60. The fraction of sp³-hybridized carbons (Fsp3) is 0.250. The van der Waals surface area contributed by atoms with Crippen molar-refractivity contribution < 1.29 is 13.2 Å². The van der Waals surface area contributed by atoms with Crippen LogP contribution >= 0.6 is 0 Å². The first-order valence-electron chi connectivity index (χ1n) is 3.60. The molecule has 1 aromatic heterocycles. The van der Waals surface area contributed by atoms with Crippen molar-refractivity contribution in [3.8, 4) is 6.07 Å². The van der Waals surface area contributed by atoms with Crippen LogP contribution in [0.15, 0.2) is 23.1 Å². The van der Waals surface area contributed by atoms with Crippen LogP contribution in [0.1, 0.15) is 5.56 Å². The van der Waals surface area contributed by atoms with Crippen LogP contribution in [0.3, 0.4) is 0 Å². The van der Waals surface area contributed by atoms with Crippen LogP contribution in [-0.2, 0) is 6.54 Å². The van der Waals surface area contributed by atoms with Gasteiger partial charge in [-0.2, -0.15) is 18.4 Å². The predicted octanol–water partition coefficient (Wildman–Crippen LogP) is 1.28. The zero-order valence-corrected chi connectivity index (χ0v) is 6.88. The van der Waals surface area contributed by atoms with Crippen molar-refractivity contribution in [3.05, 3.63) is 34.2 Å². The molecular formula is C8H5F3N2O. The van der Waals surface area contributed by atoms with Gasteiger partial charge in [0.15, 0.2) is 0 Å². The van der Waals surface area contributed by atoms with Gasteiger partial charge in [0.1, 0.15) is 18.2 Å². The molecule has 1 rings (SSSR count). The summed E-state index contributed by atoms with van der Waals surface area (Å²) in [6.07, 6.45) is -3.46. The molecular weight excluding hydrogens is 197 g/mol. The van der Waals surface area contributed by atoms with Crippen molar-refractivity contribution in [2.24, 2.45) is 0 Å². The molecule has 14 heavy (non-hydrogen) atoms. The summed E-state index contributed by atoms with van der Waals surface area (Å²) in [6, 6.07) is 3.92. The van der Waals surface area contributed by atoms with Crippen molar-refractivity contribution in [2.45, 2.75) is 12.7 Å². The van der Waals surface area contributed by atoms with Gasteiger partial charge < -0.3 is 4.57 Å². The third-order valence-corrected chi connectivity index (χ3v) is 1.49. The van der Waals surface area contributed by atoms with Crippen LogP contribution in [0.4, 0.5) is 13.2 Å². The zero-order chi connectivity index (χ0) is 10.8. The van der Waals surface area contributed by atoms with Gasteiger partial charge in [-0.15, -0.1) is 0 Å². The molecule has 0 saturated heterocycles. The van der Waals surface area contributed by atoms with E-state index in [0.717, 1.165) is 6.20 Å². The summed E-state index contributed by atoms with van der Waals surface area (Å²) in [6.45, 7) is -1.37. The molecule has 0 radical (unpaired) electrons. The largest absolute Gasteiger partial charge is 0.406 e. The van der Waals surface area contributed by atoms with Crippen LogP contribution in [0, 0.1) is 11.3 Å². The fourth-order valence-corrected chi connectivity index (χ4v) is 0.940. The Morgan fingerprint density at radius 2 is 2.14 bits per heavy atom. The zero-order valence-electron chi connectivity index (χ0n) is 6.88. The highest BCUT2D eigenvalue weighted by Gasteiger charge is 2.28. The Morgan fingerprint density at radius 1 is 1.50 bits per heavy atom. The summed E-state index contributed by atoms with van der Waals surface area (Å²) in [5, 5.41) is 8.40. The highest BCUT2D eigenvalue weighted by molar-refractivity contribution is 5.24. The average Bonchev–Trinajstić information content (AvgIpc) is 2.06. The standard InChI is InChI=1S/C8H5F3N2O/c9-8(10,11)5-13-3-1-2-6(4-12)7(13)14/h1-3H,5H2. The summed E-state index contributed by atoms with van der Waals surface area (Å²) < 4.78 is 36.2. The molecule has 0 fully saturated rings. The van der Waals surface area contributed by atoms with Gasteiger partial charge in [0.2, 0.25) is 0 Å². The molecule has 0 atom stereocenters. The number of nitriles is 1. The molecule has 0 N–H and O–H groups in total. The molecule has 3 nitrogen and oxygen atoms in total. The number of alkyl halides is 3. The maximum absolute atomic E-state index is 11.9. The van der Waals surface area contributed by atoms with Crippen molar-refractivity contribution in [1.82, 2.24) is 4.57 Å². The van der Waals surface area contributed by atoms with E-state index >= 15 is 0 Å². The lowest BCUT2D eigenvalue weighted by molar-refractivity contribution is -0.141. The lowest BCUT2D eigenvalue weighted by Crippen LogP contribution is -2.28. The first-order chi connectivity index (χ1) is 6.44. The summed E-state index contributed by atoms with van der Waals surface area (Å²) in [4.78, 5) is 11.1. The van der Waals surface area contributed by atoms with E-state index < -0.39 is 18.3 Å². The first kappa shape index (κ1) is 10.3. The molecule has 0 saturated carbocycles. The summed E-state index contributed by atoms with van der Waals surface area (Å²) in [5.41, 5.74) is -1.22. The minimum atomic E-state index is -4.46. The molecule has 74 valence electrons. The van der Waals surface area contributed by atoms with Gasteiger partial charge in [0.05, 0.1) is 0 Å². The lowest BCUT2D eigenvalue weighted by Gasteiger charge is -2.08. The Kier molecular flexibility index (Phi) is 2.60. The van der Waals surface area contributed by atoms with E-state index in [2.05, 4.69) is 0 Å². The molecule has 6 heteroatoms. The van der Waals surface area contributed by atoms with E-state index in [4.69, 9.17) is 5.26 Å². The Morgan fingerprint density at radius 3 is 2.64 bits per heavy atom. The number of halogens is 3. The molecule has 0 spiro atoms. The van der Waals surface area contributed by atoms with Gasteiger partial charge >= 0.3 is 6.18 Å². The molecule has 0 aliphatic rings. The number of rotatable bonds is 1. The normalized spacial score (nSPS) is 11.0. The highest BCUT2D eigenvalue weighted by atomic mass is 19.4. The second-order valence-corrected chi connectivity index (χ2v) is 2.58. The van der Waals surface area contributed by atoms with Crippen LogP contribution in [0.25, 0.3) is 0 Å². The minimum Gasteiger partial charge on any atom is -0.305 e. The van der Waals surface area contributed by atoms with Gasteiger partial charge in [0, 0.05) is 6.20 Å². The average molecular weight is 202 g/mol. The number of nitrogens with zero attached hydrogens (tertiary/aromatic N) is 2. The van der Waals surface area contributed by atoms with Crippen molar-refractivity contribution in [3.63, 3.8) is 0 Å². The minimum absolute atomic E-state index is 0.295. The van der Waals surface area contributed by atoms with E-state index in [1.165, 1.54) is 18.2 Å². The molecule has 0 aliphatic heterocycles. The van der Waals surface area contributed by atoms with Gasteiger partial charge in [0.25, 0.3) is 5.56 Å². The van der Waals surface area contributed by atoms with Crippen LogP contribution in [0.2, 0.25) is 0 Å². The van der Waals surface area contributed by atoms with Crippen molar-refractivity contribution in [1.29, 1.82) is 5.26 Å². The third kappa shape index (κ3) is 2.36. The Bertz CT molecular complexity index is 427. The van der Waals surface area contributed by atoms with Crippen LogP contribution in [0.5, 0.6) is 0 Å². The van der Waals surface area contributed by atoms with Crippen LogP contribution < -0.4 is 5.56 Å². The molecule has 1 aromatic rings. The maximum atomic E-state index is 11.9. The van der Waals surface area contributed by atoms with E-state index in [9.17, 15) is 18.0 Å². The second-order valence-electron chi connectivity index (χ2n) is 2.58. The fourth-order valence-electron chi connectivity index (χ4n) is 0.940. The topological polar surface area (TPSA) is 45.8 Å². The van der Waals surface area contributed by atoms with Crippen molar-refractivity contribution in [2.75, 3.05) is 0 Å². The number of hydrogen-bond acceptors (Lipinski definition) is 2. The Hall–Kier alpha value is -1.77. The number of pyridine rings is 1. The molecule has 1 heterocycles. The van der Waals surface area contributed by atoms with Gasteiger partial charge in [-0.1, -0.05) is 0 Å². The van der Waals surface area contributed by atoms with E-state index in [1.807, 2.05) is 0 Å². The smallest absolute Gasteiger partial charge is 0.305 e. The molecule has 0 aromatic carbocycles. The summed E-state index contributed by atoms with van der Waals surface area (Å²) in [5.74, 6) is 0. The molecule has 0 amide bonds. The quantitative estimate of drug-likeness (QED) is 0.688. The van der Waals surface area contributed by atoms with E-state index in [1.54, 1.807) is 0 Å². The Balaban J connectivity index is 3.13. The predicted molar refractivity (Wildman–Crippen MR) is 41.5 cm³/mol. The molecule has 0 aliphatic carbocycles. The summed E-state index contributed by atoms with van der Waals surface area (Å²) >= 11 is 0. The monoisotopic (exact) mass is 202 g/mol. The Labute approximate surface area is 77.0 Å². The maximum Gasteiger partial charge on any atom is 0.406 e. The third-order valence-electron chi connectivity index (χ3n) is 1.49. The van der Waals surface area contributed by atoms with Gasteiger partial charge in [-0.05, 0) is 12.1 Å². The lowest BCUT2D eigenvalue weighted by atomic mass is 10.3. The van der Waals surface area contributed by atoms with E-state index in [0.29, 0.717) is 4.57 Å². The van der Waals surface area contributed by atoms with Crippen molar-refractivity contribution >= 4 is 0 Å². The van der Waals surface area contributed by atoms with Gasteiger partial charge in [-0.3, -0.25) is 4.79 Å². The summed E-state index contributed by atoms with van der Waals surface area (Å²) in [7, 11) is 0. The highest BCUT2D eigenvalue weighted by Crippen LogP contribution is 2.16. The number of hydrogen-bond donors (Lipinski definition) is 0. The SMILES string of the molecule is N#Cc1cccn(CC(F)(F)F)c1=O. The molecule has 0 unspecified atom stereocenters. The molecule has 0 bridgehead atoms.